The van der Waals surface area contributed by atoms with Gasteiger partial charge in [-0.1, -0.05) is 53.7 Å². The summed E-state index contributed by atoms with van der Waals surface area (Å²) < 4.78 is 0. The number of benzene rings is 2. The standard InChI is InChI=1S/C46H54N12/c1-25-19-26(2)48-41(47-25)55-35-17-15-33(45(9,10)11)23-37(35)57(43-51-29(5)21-30(6)52-43)39(55)40-56(42-49-27(3)20-28(4)50-42)36-18-16-34(46(12,13)14)24-38(36)58(40)44-53-31(7)22-32(8)54-44/h15-24,39-40H,1-14H3. The van der Waals surface area contributed by atoms with Crippen molar-refractivity contribution in [3.05, 3.63) is 117 Å². The van der Waals surface area contributed by atoms with Crippen molar-refractivity contribution < 1.29 is 0 Å². The molecule has 0 bridgehead atoms. The van der Waals surface area contributed by atoms with E-state index in [1.54, 1.807) is 0 Å². The molecule has 4 aromatic heterocycles. The SMILES string of the molecule is Cc1cc(C)nc(N2c3ccc(C(C)(C)C)cc3N(c3nc(C)cc(C)n3)C2C2N(c3nc(C)cc(C)n3)c3ccc(C(C)(C)C)cc3N2c2nc(C)cc(C)n2)n1. The lowest BCUT2D eigenvalue weighted by molar-refractivity contribution is 0.526. The molecule has 0 saturated carbocycles. The van der Waals surface area contributed by atoms with Gasteiger partial charge >= 0.3 is 0 Å². The van der Waals surface area contributed by atoms with E-state index in [-0.39, 0.29) is 10.8 Å². The molecule has 2 aliphatic rings. The fraction of sp³-hybridized carbons (Fsp3) is 0.391. The van der Waals surface area contributed by atoms with Crippen molar-refractivity contribution in [3.8, 4) is 0 Å². The third-order valence-corrected chi connectivity index (χ3v) is 10.8. The number of rotatable bonds is 5. The second-order valence-corrected chi connectivity index (χ2v) is 18.0. The Labute approximate surface area is 342 Å². The summed E-state index contributed by atoms with van der Waals surface area (Å²) in [6.45, 7) is 29.6. The smallest absolute Gasteiger partial charge is 0.232 e. The average molecular weight is 775 g/mol. The fourth-order valence-electron chi connectivity index (χ4n) is 8.27. The Kier molecular flexibility index (Phi) is 9.24. The molecule has 58 heavy (non-hydrogen) atoms. The van der Waals surface area contributed by atoms with Gasteiger partial charge in [-0.25, -0.2) is 39.9 Å². The minimum atomic E-state index is -0.619. The third-order valence-electron chi connectivity index (χ3n) is 10.8. The Hall–Kier alpha value is -6.04. The molecule has 12 heteroatoms. The van der Waals surface area contributed by atoms with Gasteiger partial charge in [-0.3, -0.25) is 19.6 Å². The fourth-order valence-corrected chi connectivity index (χ4v) is 8.27. The van der Waals surface area contributed by atoms with Crippen LogP contribution in [-0.2, 0) is 10.8 Å². The largest absolute Gasteiger partial charge is 0.283 e. The normalized spacial score (nSPS) is 16.7. The molecule has 0 spiro atoms. The minimum absolute atomic E-state index is 0.145. The van der Waals surface area contributed by atoms with Crippen LogP contribution < -0.4 is 19.6 Å². The van der Waals surface area contributed by atoms with Gasteiger partial charge < -0.3 is 0 Å². The lowest BCUT2D eigenvalue weighted by Gasteiger charge is -2.42. The molecule has 6 heterocycles. The monoisotopic (exact) mass is 774 g/mol. The highest BCUT2D eigenvalue weighted by molar-refractivity contribution is 5.92. The molecule has 2 aliphatic heterocycles. The Bertz CT molecular complexity index is 2330. The predicted molar refractivity (Wildman–Crippen MR) is 232 cm³/mol. The molecule has 12 nitrogen and oxygen atoms in total. The highest BCUT2D eigenvalue weighted by Gasteiger charge is 2.55. The minimum Gasteiger partial charge on any atom is -0.283 e. The van der Waals surface area contributed by atoms with Crippen LogP contribution in [0.5, 0.6) is 0 Å². The molecule has 0 N–H and O–H groups in total. The van der Waals surface area contributed by atoms with E-state index in [0.717, 1.165) is 68.3 Å². The van der Waals surface area contributed by atoms with Crippen LogP contribution in [0.2, 0.25) is 0 Å². The van der Waals surface area contributed by atoms with E-state index in [1.165, 1.54) is 11.1 Å². The predicted octanol–water partition coefficient (Wildman–Crippen LogP) is 9.84. The number of aromatic nitrogens is 8. The van der Waals surface area contributed by atoms with E-state index in [4.69, 9.17) is 39.9 Å². The maximum Gasteiger partial charge on any atom is 0.232 e. The number of fused-ring (bicyclic) bond motifs is 2. The number of hydrogen-bond donors (Lipinski definition) is 0. The molecule has 2 unspecified atom stereocenters. The van der Waals surface area contributed by atoms with Gasteiger partial charge in [0.25, 0.3) is 0 Å². The molecule has 2 aromatic carbocycles. The maximum atomic E-state index is 5.19. The first-order chi connectivity index (χ1) is 27.3. The molecule has 0 radical (unpaired) electrons. The van der Waals surface area contributed by atoms with Crippen LogP contribution in [0.1, 0.15) is 98.2 Å². The van der Waals surface area contributed by atoms with Crippen LogP contribution >= 0.6 is 0 Å². The van der Waals surface area contributed by atoms with Gasteiger partial charge in [-0.05, 0) is 126 Å². The first-order valence-electron chi connectivity index (χ1n) is 20.0. The molecule has 0 saturated heterocycles. The van der Waals surface area contributed by atoms with Crippen molar-refractivity contribution in [2.75, 3.05) is 19.6 Å². The van der Waals surface area contributed by atoms with Crippen molar-refractivity contribution in [3.63, 3.8) is 0 Å². The van der Waals surface area contributed by atoms with E-state index in [1.807, 2.05) is 79.7 Å². The highest BCUT2D eigenvalue weighted by atomic mass is 15.6. The van der Waals surface area contributed by atoms with Crippen LogP contribution in [0, 0.1) is 55.4 Å². The van der Waals surface area contributed by atoms with E-state index in [2.05, 4.69) is 97.5 Å². The summed E-state index contributed by atoms with van der Waals surface area (Å²) in [6.07, 6.45) is -1.24. The molecule has 2 atom stereocenters. The van der Waals surface area contributed by atoms with E-state index >= 15 is 0 Å². The van der Waals surface area contributed by atoms with Crippen LogP contribution in [0.3, 0.4) is 0 Å². The molecule has 6 aromatic rings. The summed E-state index contributed by atoms with van der Waals surface area (Å²) in [6, 6.07) is 21.4. The number of hydrogen-bond acceptors (Lipinski definition) is 12. The molecule has 8 rings (SSSR count). The van der Waals surface area contributed by atoms with Crippen LogP contribution in [-0.4, -0.2) is 52.2 Å². The topological polar surface area (TPSA) is 116 Å². The van der Waals surface area contributed by atoms with E-state index in [0.29, 0.717) is 23.8 Å². The summed E-state index contributed by atoms with van der Waals surface area (Å²) in [7, 11) is 0. The summed E-state index contributed by atoms with van der Waals surface area (Å²) in [5.74, 6) is 2.26. The number of aryl methyl sites for hydroxylation is 8. The quantitative estimate of drug-likeness (QED) is 0.166. The Balaban J connectivity index is 1.53. The first-order valence-corrected chi connectivity index (χ1v) is 20.0. The van der Waals surface area contributed by atoms with E-state index < -0.39 is 12.3 Å². The average Bonchev–Trinajstić information content (AvgIpc) is 3.61. The van der Waals surface area contributed by atoms with Crippen molar-refractivity contribution in [1.82, 2.24) is 39.9 Å². The molecule has 0 fully saturated rings. The molecular weight excluding hydrogens is 721 g/mol. The van der Waals surface area contributed by atoms with Gasteiger partial charge in [0.05, 0.1) is 22.7 Å². The number of anilines is 8. The molecule has 298 valence electrons. The second-order valence-electron chi connectivity index (χ2n) is 18.0. The third kappa shape index (κ3) is 6.88. The maximum absolute atomic E-state index is 5.19. The zero-order valence-electron chi connectivity index (χ0n) is 36.3. The molecule has 0 aliphatic carbocycles. The van der Waals surface area contributed by atoms with Crippen LogP contribution in [0.15, 0.2) is 60.7 Å². The van der Waals surface area contributed by atoms with Crippen LogP contribution in [0.4, 0.5) is 46.5 Å². The van der Waals surface area contributed by atoms with Gasteiger partial charge in [0.2, 0.25) is 23.8 Å². The Morgan fingerprint density at radius 2 is 0.552 bits per heavy atom. The van der Waals surface area contributed by atoms with Gasteiger partial charge in [0.1, 0.15) is 0 Å². The highest BCUT2D eigenvalue weighted by Crippen LogP contribution is 2.55. The first kappa shape index (κ1) is 38.8. The van der Waals surface area contributed by atoms with Gasteiger partial charge in [-0.2, -0.15) is 0 Å². The van der Waals surface area contributed by atoms with Gasteiger partial charge in [0, 0.05) is 45.6 Å². The van der Waals surface area contributed by atoms with Crippen molar-refractivity contribution in [2.45, 2.75) is 120 Å². The zero-order valence-corrected chi connectivity index (χ0v) is 36.3. The van der Waals surface area contributed by atoms with Gasteiger partial charge in [0.15, 0.2) is 12.3 Å². The Morgan fingerprint density at radius 3 is 0.776 bits per heavy atom. The Morgan fingerprint density at radius 1 is 0.328 bits per heavy atom. The van der Waals surface area contributed by atoms with Crippen molar-refractivity contribution >= 4 is 46.5 Å². The van der Waals surface area contributed by atoms with Crippen LogP contribution in [0.25, 0.3) is 0 Å². The summed E-state index contributed by atoms with van der Waals surface area (Å²) in [4.78, 5) is 50.4. The van der Waals surface area contributed by atoms with Crippen molar-refractivity contribution in [1.29, 1.82) is 0 Å². The lowest BCUT2D eigenvalue weighted by Crippen LogP contribution is -2.59. The van der Waals surface area contributed by atoms with E-state index in [9.17, 15) is 0 Å². The van der Waals surface area contributed by atoms with Crippen molar-refractivity contribution in [2.24, 2.45) is 0 Å². The molecule has 0 amide bonds. The summed E-state index contributed by atoms with van der Waals surface area (Å²) in [5, 5.41) is 0. The summed E-state index contributed by atoms with van der Waals surface area (Å²) in [5.41, 5.74) is 12.7. The van der Waals surface area contributed by atoms with Gasteiger partial charge in [-0.15, -0.1) is 0 Å². The summed E-state index contributed by atoms with van der Waals surface area (Å²) >= 11 is 0. The second kappa shape index (κ2) is 13.8. The molecular formula is C46H54N12. The zero-order chi connectivity index (χ0) is 41.6. The number of nitrogens with zero attached hydrogens (tertiary/aromatic N) is 12. The lowest BCUT2D eigenvalue weighted by atomic mass is 9.86.